The van der Waals surface area contributed by atoms with Crippen LogP contribution < -0.4 is 10.4 Å². The van der Waals surface area contributed by atoms with Crippen molar-refractivity contribution in [2.75, 3.05) is 18.5 Å². The summed E-state index contributed by atoms with van der Waals surface area (Å²) in [6, 6.07) is 5.86. The Hall–Kier alpha value is -1.00. The number of carbonyl (C=O) groups excluding carboxylic acids is 1. The molecule has 22 heavy (non-hydrogen) atoms. The summed E-state index contributed by atoms with van der Waals surface area (Å²) in [5.74, 6) is 0. The Labute approximate surface area is 141 Å². The summed E-state index contributed by atoms with van der Waals surface area (Å²) in [7, 11) is -3.94. The fraction of sp³-hybridized carbons (Fsp3) is 0.300. The molecule has 1 aliphatic rings. The molecule has 2 amide bonds. The Morgan fingerprint density at radius 3 is 2.36 bits per heavy atom. The Morgan fingerprint density at radius 1 is 1.32 bits per heavy atom. The molecule has 0 atom stereocenters. The van der Waals surface area contributed by atoms with E-state index in [1.165, 1.54) is 0 Å². The number of carbonyl (C=O) groups is 1. The van der Waals surface area contributed by atoms with Crippen LogP contribution in [0.15, 0.2) is 28.7 Å². The van der Waals surface area contributed by atoms with Crippen LogP contribution >= 0.6 is 39.6 Å². The van der Waals surface area contributed by atoms with Crippen molar-refractivity contribution in [2.24, 2.45) is 0 Å². The first-order valence-corrected chi connectivity index (χ1v) is 8.93. The van der Waals surface area contributed by atoms with Crippen LogP contribution in [-0.4, -0.2) is 28.6 Å². The summed E-state index contributed by atoms with van der Waals surface area (Å²) < 4.78 is 21.0. The number of halogens is 2. The SMILES string of the molecule is O=C(Nc1ccc(Br)cc1)NP1(=O)OCC(Br)([N+](=O)[O-])CO1. The predicted molar refractivity (Wildman–Crippen MR) is 84.5 cm³/mol. The molecule has 0 bridgehead atoms. The van der Waals surface area contributed by atoms with Gasteiger partial charge in [0.1, 0.15) is 13.2 Å². The largest absolute Gasteiger partial charge is 0.436 e. The van der Waals surface area contributed by atoms with Crippen LogP contribution in [0.5, 0.6) is 0 Å². The highest BCUT2D eigenvalue weighted by molar-refractivity contribution is 9.10. The Bertz CT molecular complexity index is 628. The molecule has 1 aromatic rings. The molecular weight excluding hydrogens is 449 g/mol. The van der Waals surface area contributed by atoms with Crippen LogP contribution in [0.2, 0.25) is 0 Å². The zero-order valence-electron chi connectivity index (χ0n) is 10.8. The number of benzene rings is 1. The van der Waals surface area contributed by atoms with Gasteiger partial charge < -0.3 is 5.32 Å². The van der Waals surface area contributed by atoms with E-state index in [4.69, 9.17) is 9.05 Å². The minimum atomic E-state index is -3.94. The van der Waals surface area contributed by atoms with E-state index in [9.17, 15) is 19.5 Å². The second-order valence-corrected chi connectivity index (χ2v) is 8.42. The number of nitro groups is 1. The van der Waals surface area contributed by atoms with Crippen molar-refractivity contribution < 1.29 is 23.3 Å². The lowest BCUT2D eigenvalue weighted by Crippen LogP contribution is -2.45. The summed E-state index contributed by atoms with van der Waals surface area (Å²) >= 11 is 6.09. The molecule has 1 fully saturated rings. The Balaban J connectivity index is 1.93. The van der Waals surface area contributed by atoms with E-state index < -0.39 is 36.4 Å². The molecule has 1 heterocycles. The number of anilines is 1. The highest BCUT2D eigenvalue weighted by Gasteiger charge is 2.50. The van der Waals surface area contributed by atoms with Crippen molar-refractivity contribution in [1.82, 2.24) is 5.09 Å². The van der Waals surface area contributed by atoms with Crippen LogP contribution in [0.1, 0.15) is 0 Å². The van der Waals surface area contributed by atoms with Crippen LogP contribution in [0.25, 0.3) is 0 Å². The molecule has 0 saturated carbocycles. The molecule has 1 saturated heterocycles. The third-order valence-electron chi connectivity index (χ3n) is 2.58. The molecule has 0 radical (unpaired) electrons. The predicted octanol–water partition coefficient (Wildman–Crippen LogP) is 3.09. The number of alkyl halides is 1. The van der Waals surface area contributed by atoms with Gasteiger partial charge in [-0.2, -0.15) is 0 Å². The second kappa shape index (κ2) is 6.63. The smallest absolute Gasteiger partial charge is 0.308 e. The van der Waals surface area contributed by atoms with Gasteiger partial charge in [-0.25, -0.2) is 14.4 Å². The first kappa shape index (κ1) is 17.4. The van der Waals surface area contributed by atoms with Gasteiger partial charge in [-0.3, -0.25) is 19.2 Å². The van der Waals surface area contributed by atoms with Crippen molar-refractivity contribution in [3.63, 3.8) is 0 Å². The minimum absolute atomic E-state index is 0.462. The first-order chi connectivity index (χ1) is 10.2. The van der Waals surface area contributed by atoms with E-state index in [1.54, 1.807) is 24.3 Å². The summed E-state index contributed by atoms with van der Waals surface area (Å²) in [5, 5.41) is 15.3. The van der Waals surface area contributed by atoms with Gasteiger partial charge in [-0.05, 0) is 24.3 Å². The number of nitrogens with one attached hydrogen (secondary N) is 2. The quantitative estimate of drug-likeness (QED) is 0.236. The molecule has 0 unspecified atom stereocenters. The fourth-order valence-corrected chi connectivity index (χ4v) is 3.56. The number of hydrogen-bond acceptors (Lipinski definition) is 6. The molecular formula is C10H10Br2N3O6P. The maximum absolute atomic E-state index is 12.1. The molecule has 2 N–H and O–H groups in total. The van der Waals surface area contributed by atoms with Gasteiger partial charge in [-0.1, -0.05) is 15.9 Å². The Morgan fingerprint density at radius 2 is 1.86 bits per heavy atom. The number of rotatable bonds is 3. The lowest BCUT2D eigenvalue weighted by molar-refractivity contribution is -0.542. The van der Waals surface area contributed by atoms with Crippen molar-refractivity contribution in [1.29, 1.82) is 0 Å². The maximum atomic E-state index is 12.1. The van der Waals surface area contributed by atoms with Gasteiger partial charge in [0.05, 0.1) is 0 Å². The van der Waals surface area contributed by atoms with Gasteiger partial charge in [0.2, 0.25) is 0 Å². The van der Waals surface area contributed by atoms with Crippen molar-refractivity contribution in [3.8, 4) is 0 Å². The van der Waals surface area contributed by atoms with Gasteiger partial charge in [0, 0.05) is 31.0 Å². The van der Waals surface area contributed by atoms with Gasteiger partial charge >= 0.3 is 18.2 Å². The molecule has 0 aromatic heterocycles. The van der Waals surface area contributed by atoms with Gasteiger partial charge in [0.15, 0.2) is 0 Å². The summed E-state index contributed by atoms with van der Waals surface area (Å²) in [6.45, 7) is -1.01. The van der Waals surface area contributed by atoms with Crippen LogP contribution in [0.4, 0.5) is 10.5 Å². The monoisotopic (exact) mass is 457 g/mol. The third kappa shape index (κ3) is 4.26. The standard InChI is InChI=1S/C10H10Br2N3O6P/c11-7-1-3-8(4-2-7)13-9(16)14-22(19)20-5-10(12,6-21-22)15(17)18/h1-4H,5-6H2,(H2,13,14,16,19). The zero-order valence-corrected chi connectivity index (χ0v) is 14.9. The summed E-state index contributed by atoms with van der Waals surface area (Å²) in [6.07, 6.45) is 0. The molecule has 9 nitrogen and oxygen atoms in total. The average molecular weight is 459 g/mol. The van der Waals surface area contributed by atoms with E-state index in [1.807, 2.05) is 5.09 Å². The summed E-state index contributed by atoms with van der Waals surface area (Å²) in [4.78, 5) is 21.9. The number of urea groups is 1. The van der Waals surface area contributed by atoms with E-state index in [0.29, 0.717) is 5.69 Å². The molecule has 1 aliphatic heterocycles. The third-order valence-corrected chi connectivity index (χ3v) is 5.27. The number of hydrogen-bond donors (Lipinski definition) is 2. The topological polar surface area (TPSA) is 120 Å². The highest BCUT2D eigenvalue weighted by Crippen LogP contribution is 2.50. The van der Waals surface area contributed by atoms with E-state index in [0.717, 1.165) is 4.47 Å². The highest BCUT2D eigenvalue weighted by atomic mass is 79.9. The first-order valence-electron chi connectivity index (χ1n) is 5.80. The maximum Gasteiger partial charge on any atom is 0.436 e. The van der Waals surface area contributed by atoms with Crippen molar-refractivity contribution in [3.05, 3.63) is 38.9 Å². The van der Waals surface area contributed by atoms with E-state index in [-0.39, 0.29) is 0 Å². The molecule has 12 heteroatoms. The van der Waals surface area contributed by atoms with Gasteiger partial charge in [0.25, 0.3) is 0 Å². The average Bonchev–Trinajstić information content (AvgIpc) is 2.45. The normalized spacial score (nSPS) is 27.9. The summed E-state index contributed by atoms with van der Waals surface area (Å²) in [5.41, 5.74) is 0.462. The zero-order chi connectivity index (χ0) is 16.4. The van der Waals surface area contributed by atoms with Crippen molar-refractivity contribution >= 4 is 51.3 Å². The lowest BCUT2D eigenvalue weighted by atomic mass is 10.3. The molecule has 120 valence electrons. The molecule has 0 aliphatic carbocycles. The Kier molecular flexibility index (Phi) is 5.23. The molecule has 1 aromatic carbocycles. The number of nitrogens with zero attached hydrogens (tertiary/aromatic N) is 1. The van der Waals surface area contributed by atoms with E-state index >= 15 is 0 Å². The van der Waals surface area contributed by atoms with E-state index in [2.05, 4.69) is 37.2 Å². The van der Waals surface area contributed by atoms with Gasteiger partial charge in [-0.15, -0.1) is 0 Å². The van der Waals surface area contributed by atoms with Crippen LogP contribution in [-0.2, 0) is 13.6 Å². The lowest BCUT2D eigenvalue weighted by Gasteiger charge is -2.29. The van der Waals surface area contributed by atoms with Crippen molar-refractivity contribution in [2.45, 2.75) is 4.45 Å². The van der Waals surface area contributed by atoms with Crippen LogP contribution in [0.3, 0.4) is 0 Å². The molecule has 0 spiro atoms. The number of amides is 2. The molecule has 2 rings (SSSR count). The van der Waals surface area contributed by atoms with Crippen LogP contribution in [0, 0.1) is 10.1 Å². The fourth-order valence-electron chi connectivity index (χ4n) is 1.43. The minimum Gasteiger partial charge on any atom is -0.308 e. The second-order valence-electron chi connectivity index (χ2n) is 4.29.